The fourth-order valence-corrected chi connectivity index (χ4v) is 6.11. The van der Waals surface area contributed by atoms with Gasteiger partial charge in [0, 0.05) is 30.2 Å². The summed E-state index contributed by atoms with van der Waals surface area (Å²) in [7, 11) is 0. The zero-order chi connectivity index (χ0) is 34.9. The van der Waals surface area contributed by atoms with Gasteiger partial charge in [0.2, 0.25) is 0 Å². The second-order valence-corrected chi connectivity index (χ2v) is 14.7. The van der Waals surface area contributed by atoms with Gasteiger partial charge in [0.25, 0.3) is 0 Å². The molecule has 0 aromatic heterocycles. The summed E-state index contributed by atoms with van der Waals surface area (Å²) in [5.74, 6) is 1.30. The summed E-state index contributed by atoms with van der Waals surface area (Å²) in [5.41, 5.74) is 4.67. The van der Waals surface area contributed by atoms with E-state index < -0.39 is 12.3 Å². The minimum Gasteiger partial charge on any atom is -0.489 e. The molecular formula is C44H52N2O3. The van der Waals surface area contributed by atoms with Gasteiger partial charge in [-0.15, -0.1) is 0 Å². The maximum Gasteiger partial charge on any atom is 0.123 e. The van der Waals surface area contributed by atoms with Crippen molar-refractivity contribution in [2.45, 2.75) is 91.2 Å². The van der Waals surface area contributed by atoms with Crippen LogP contribution in [0.15, 0.2) is 140 Å². The number of aliphatic hydroxyl groups excluding tert-OH is 1. The predicted octanol–water partition coefficient (Wildman–Crippen LogP) is 9.81. The molecule has 1 atom stereocenters. The molecular weight excluding hydrogens is 604 g/mol. The molecule has 0 fully saturated rings. The third-order valence-corrected chi connectivity index (χ3v) is 8.78. The Labute approximate surface area is 293 Å². The number of rotatable bonds is 14. The number of nitrogens with zero attached hydrogens (tertiary/aromatic N) is 2. The lowest BCUT2D eigenvalue weighted by Crippen LogP contribution is -2.61. The van der Waals surface area contributed by atoms with Gasteiger partial charge in [-0.25, -0.2) is 0 Å². The number of aliphatic hydroxyl groups is 1. The normalized spacial score (nSPS) is 12.8. The van der Waals surface area contributed by atoms with Gasteiger partial charge in [0.1, 0.15) is 30.8 Å². The van der Waals surface area contributed by atoms with Crippen LogP contribution in [0.5, 0.6) is 11.5 Å². The van der Waals surface area contributed by atoms with Crippen molar-refractivity contribution in [1.82, 2.24) is 9.80 Å². The third-order valence-electron chi connectivity index (χ3n) is 8.78. The molecule has 0 radical (unpaired) electrons. The van der Waals surface area contributed by atoms with Crippen molar-refractivity contribution >= 4 is 0 Å². The summed E-state index contributed by atoms with van der Waals surface area (Å²) in [4.78, 5) is 4.87. The molecule has 0 amide bonds. The monoisotopic (exact) mass is 656 g/mol. The predicted molar refractivity (Wildman–Crippen MR) is 200 cm³/mol. The van der Waals surface area contributed by atoms with Crippen LogP contribution in [0.4, 0.5) is 0 Å². The summed E-state index contributed by atoms with van der Waals surface area (Å²) < 4.78 is 12.8. The van der Waals surface area contributed by atoms with Crippen molar-refractivity contribution < 1.29 is 14.6 Å². The molecule has 0 spiro atoms. The average molecular weight is 657 g/mol. The molecule has 256 valence electrons. The van der Waals surface area contributed by atoms with Crippen LogP contribution in [-0.2, 0) is 26.3 Å². The fourth-order valence-electron chi connectivity index (χ4n) is 6.11. The van der Waals surface area contributed by atoms with Gasteiger partial charge in [0.15, 0.2) is 0 Å². The first-order valence-corrected chi connectivity index (χ1v) is 17.3. The Kier molecular flexibility index (Phi) is 11.9. The molecule has 1 N–H and O–H groups in total. The summed E-state index contributed by atoms with van der Waals surface area (Å²) in [6.07, 6.45) is -1.32. The van der Waals surface area contributed by atoms with Gasteiger partial charge in [-0.2, -0.15) is 0 Å². The van der Waals surface area contributed by atoms with Crippen LogP contribution in [0.1, 0.15) is 75.5 Å². The van der Waals surface area contributed by atoms with E-state index in [2.05, 4.69) is 124 Å². The Morgan fingerprint density at radius 3 is 1.14 bits per heavy atom. The fraction of sp³-hybridized carbons (Fsp3) is 0.318. The average Bonchev–Trinajstić information content (AvgIpc) is 3.10. The molecule has 0 saturated carbocycles. The Balaban J connectivity index is 1.60. The smallest absolute Gasteiger partial charge is 0.123 e. The van der Waals surface area contributed by atoms with Crippen LogP contribution in [0.25, 0.3) is 0 Å². The van der Waals surface area contributed by atoms with Crippen molar-refractivity contribution in [3.63, 3.8) is 0 Å². The summed E-state index contributed by atoms with van der Waals surface area (Å²) in [5, 5.41) is 12.8. The highest BCUT2D eigenvalue weighted by Crippen LogP contribution is 2.38. The third kappa shape index (κ3) is 10.3. The van der Waals surface area contributed by atoms with Crippen molar-refractivity contribution in [3.05, 3.63) is 167 Å². The zero-order valence-electron chi connectivity index (χ0n) is 29.9. The van der Waals surface area contributed by atoms with Crippen molar-refractivity contribution in [2.24, 2.45) is 0 Å². The van der Waals surface area contributed by atoms with E-state index in [1.54, 1.807) is 0 Å². The molecule has 5 nitrogen and oxygen atoms in total. The van der Waals surface area contributed by atoms with Crippen LogP contribution in [0, 0.1) is 0 Å². The second kappa shape index (κ2) is 16.3. The molecule has 49 heavy (non-hydrogen) atoms. The SMILES string of the molecule is CC(C)(C)N(Cc1ccccc1)C(C(O)c1cc(OCc2ccccc2)cc(OCc2ccccc2)c1)N(Cc1ccccc1)C(C)(C)C. The Morgan fingerprint density at radius 1 is 0.490 bits per heavy atom. The largest absolute Gasteiger partial charge is 0.489 e. The molecule has 0 aliphatic carbocycles. The number of ether oxygens (including phenoxy) is 2. The summed E-state index contributed by atoms with van der Waals surface area (Å²) in [6, 6.07) is 47.2. The minimum absolute atomic E-state index is 0.296. The highest BCUT2D eigenvalue weighted by atomic mass is 16.5. The highest BCUT2D eigenvalue weighted by molar-refractivity contribution is 5.40. The molecule has 0 aliphatic rings. The topological polar surface area (TPSA) is 45.2 Å². The first kappa shape index (κ1) is 35.9. The van der Waals surface area contributed by atoms with Crippen LogP contribution in [0.3, 0.4) is 0 Å². The highest BCUT2D eigenvalue weighted by Gasteiger charge is 2.42. The van der Waals surface area contributed by atoms with Crippen LogP contribution in [-0.4, -0.2) is 32.1 Å². The summed E-state index contributed by atoms with van der Waals surface area (Å²) in [6.45, 7) is 15.5. The van der Waals surface area contributed by atoms with Crippen LogP contribution >= 0.6 is 0 Å². The van der Waals surface area contributed by atoms with E-state index >= 15 is 0 Å². The molecule has 1 unspecified atom stereocenters. The van der Waals surface area contributed by atoms with E-state index in [-0.39, 0.29) is 11.1 Å². The van der Waals surface area contributed by atoms with E-state index in [9.17, 15) is 5.11 Å². The van der Waals surface area contributed by atoms with E-state index in [0.717, 1.165) is 16.7 Å². The molecule has 0 aliphatic heterocycles. The lowest BCUT2D eigenvalue weighted by Gasteiger charge is -2.52. The van der Waals surface area contributed by atoms with Gasteiger partial charge >= 0.3 is 0 Å². The quantitative estimate of drug-likeness (QED) is 0.121. The number of hydrogen-bond acceptors (Lipinski definition) is 5. The molecule has 0 heterocycles. The van der Waals surface area contributed by atoms with Crippen LogP contribution < -0.4 is 9.47 Å². The Bertz CT molecular complexity index is 1580. The molecule has 5 heteroatoms. The minimum atomic E-state index is -0.912. The lowest BCUT2D eigenvalue weighted by atomic mass is 9.93. The molecule has 0 bridgehead atoms. The summed E-state index contributed by atoms with van der Waals surface area (Å²) >= 11 is 0. The van der Waals surface area contributed by atoms with E-state index in [0.29, 0.717) is 37.8 Å². The molecule has 5 aromatic rings. The van der Waals surface area contributed by atoms with Gasteiger partial charge in [-0.1, -0.05) is 121 Å². The van der Waals surface area contributed by atoms with E-state index in [1.165, 1.54) is 11.1 Å². The number of benzene rings is 5. The maximum absolute atomic E-state index is 12.8. The zero-order valence-corrected chi connectivity index (χ0v) is 29.9. The van der Waals surface area contributed by atoms with Crippen molar-refractivity contribution in [2.75, 3.05) is 0 Å². The second-order valence-electron chi connectivity index (χ2n) is 14.7. The van der Waals surface area contributed by atoms with Gasteiger partial charge < -0.3 is 14.6 Å². The maximum atomic E-state index is 12.8. The standard InChI is InChI=1S/C44H52N2O3/c1-43(2,3)45(30-34-19-11-7-12-20-34)42(46(44(4,5)6)31-35-21-13-8-14-22-35)41(47)38-27-39(48-32-36-23-15-9-16-24-36)29-40(28-38)49-33-37-25-17-10-18-26-37/h7-29,41-42,47H,30-33H2,1-6H3. The number of hydrogen-bond donors (Lipinski definition) is 1. The Hall–Kier alpha value is -4.42. The molecule has 5 aromatic carbocycles. The first-order valence-electron chi connectivity index (χ1n) is 17.3. The molecule has 0 saturated heterocycles. The van der Waals surface area contributed by atoms with E-state index in [1.807, 2.05) is 66.7 Å². The van der Waals surface area contributed by atoms with Gasteiger partial charge in [-0.3, -0.25) is 9.80 Å². The lowest BCUT2D eigenvalue weighted by molar-refractivity contribution is -0.124. The van der Waals surface area contributed by atoms with Crippen LogP contribution in [0.2, 0.25) is 0 Å². The van der Waals surface area contributed by atoms with Gasteiger partial charge in [-0.05, 0) is 81.5 Å². The van der Waals surface area contributed by atoms with Gasteiger partial charge in [0.05, 0.1) is 6.17 Å². The molecule has 5 rings (SSSR count). The van der Waals surface area contributed by atoms with E-state index in [4.69, 9.17) is 9.47 Å². The van der Waals surface area contributed by atoms with Crippen molar-refractivity contribution in [1.29, 1.82) is 0 Å². The Morgan fingerprint density at radius 2 is 0.816 bits per heavy atom. The van der Waals surface area contributed by atoms with Crippen molar-refractivity contribution in [3.8, 4) is 11.5 Å². The first-order chi connectivity index (χ1) is 23.5.